The van der Waals surface area contributed by atoms with Crippen LogP contribution in [0.15, 0.2) is 30.3 Å². The minimum absolute atomic E-state index is 0.118. The van der Waals surface area contributed by atoms with Crippen LogP contribution in [0.25, 0.3) is 0 Å². The molecular weight excluding hydrogens is 226 g/mol. The van der Waals surface area contributed by atoms with Crippen molar-refractivity contribution in [2.45, 2.75) is 37.6 Å². The van der Waals surface area contributed by atoms with Crippen molar-refractivity contribution >= 4 is 6.09 Å². The first-order chi connectivity index (χ1) is 8.72. The molecule has 18 heavy (non-hydrogen) atoms. The van der Waals surface area contributed by atoms with E-state index in [4.69, 9.17) is 0 Å². The van der Waals surface area contributed by atoms with Gasteiger partial charge in [-0.05, 0) is 37.2 Å². The molecule has 2 unspecified atom stereocenters. The number of benzene rings is 1. The zero-order valence-corrected chi connectivity index (χ0v) is 10.5. The maximum absolute atomic E-state index is 11.5. The van der Waals surface area contributed by atoms with Gasteiger partial charge in [0.05, 0.1) is 5.54 Å². The van der Waals surface area contributed by atoms with Gasteiger partial charge in [0, 0.05) is 6.54 Å². The third-order valence-electron chi connectivity index (χ3n) is 4.74. The second-order valence-electron chi connectivity index (χ2n) is 5.58. The van der Waals surface area contributed by atoms with Gasteiger partial charge in [-0.15, -0.1) is 0 Å². The Labute approximate surface area is 107 Å². The van der Waals surface area contributed by atoms with Crippen molar-refractivity contribution in [3.63, 3.8) is 0 Å². The number of fused-ring (bicyclic) bond motifs is 1. The number of likely N-dealkylation sites (tertiary alicyclic amines) is 1. The molecule has 1 saturated heterocycles. The average molecular weight is 245 g/mol. The normalized spacial score (nSPS) is 30.4. The lowest BCUT2D eigenvalue weighted by Gasteiger charge is -2.37. The van der Waals surface area contributed by atoms with Crippen molar-refractivity contribution in [2.75, 3.05) is 6.54 Å². The zero-order valence-electron chi connectivity index (χ0n) is 10.5. The number of hydrogen-bond acceptors (Lipinski definition) is 1. The van der Waals surface area contributed by atoms with Crippen LogP contribution in [0.5, 0.6) is 0 Å². The SMILES string of the molecule is O=C(O)N1CCC2CCCC21Cc1ccccc1. The summed E-state index contributed by atoms with van der Waals surface area (Å²) in [5, 5.41) is 9.43. The van der Waals surface area contributed by atoms with Crippen LogP contribution in [0.1, 0.15) is 31.2 Å². The number of amides is 1. The van der Waals surface area contributed by atoms with Crippen LogP contribution in [0.4, 0.5) is 4.79 Å². The Morgan fingerprint density at radius 3 is 2.83 bits per heavy atom. The Morgan fingerprint density at radius 1 is 1.33 bits per heavy atom. The summed E-state index contributed by atoms with van der Waals surface area (Å²) in [6.07, 6.45) is 4.57. The van der Waals surface area contributed by atoms with Gasteiger partial charge in [0.25, 0.3) is 0 Å². The van der Waals surface area contributed by atoms with Gasteiger partial charge in [-0.1, -0.05) is 36.8 Å². The molecule has 1 amide bonds. The van der Waals surface area contributed by atoms with Crippen LogP contribution >= 0.6 is 0 Å². The molecule has 0 spiro atoms. The number of carboxylic acid groups (broad SMARTS) is 1. The molecule has 3 nitrogen and oxygen atoms in total. The van der Waals surface area contributed by atoms with Gasteiger partial charge in [0.2, 0.25) is 0 Å². The predicted molar refractivity (Wildman–Crippen MR) is 69.6 cm³/mol. The summed E-state index contributed by atoms with van der Waals surface area (Å²) in [4.78, 5) is 13.2. The second-order valence-corrected chi connectivity index (χ2v) is 5.58. The molecule has 3 rings (SSSR count). The fraction of sp³-hybridized carbons (Fsp3) is 0.533. The van der Waals surface area contributed by atoms with Crippen molar-refractivity contribution in [1.82, 2.24) is 4.90 Å². The van der Waals surface area contributed by atoms with Crippen LogP contribution in [0.3, 0.4) is 0 Å². The Morgan fingerprint density at radius 2 is 2.11 bits per heavy atom. The van der Waals surface area contributed by atoms with Gasteiger partial charge < -0.3 is 10.0 Å². The first-order valence-corrected chi connectivity index (χ1v) is 6.77. The highest BCUT2D eigenvalue weighted by atomic mass is 16.4. The van der Waals surface area contributed by atoms with Crippen molar-refractivity contribution in [3.05, 3.63) is 35.9 Å². The molecule has 0 radical (unpaired) electrons. The molecule has 2 fully saturated rings. The fourth-order valence-electron chi connectivity index (χ4n) is 3.97. The quantitative estimate of drug-likeness (QED) is 0.869. The van der Waals surface area contributed by atoms with E-state index in [2.05, 4.69) is 12.1 Å². The summed E-state index contributed by atoms with van der Waals surface area (Å²) in [6.45, 7) is 0.715. The van der Waals surface area contributed by atoms with Crippen molar-refractivity contribution in [2.24, 2.45) is 5.92 Å². The van der Waals surface area contributed by atoms with Gasteiger partial charge in [-0.25, -0.2) is 4.79 Å². The highest BCUT2D eigenvalue weighted by molar-refractivity contribution is 5.67. The average Bonchev–Trinajstić information content (AvgIpc) is 2.87. The molecule has 2 aliphatic rings. The predicted octanol–water partition coefficient (Wildman–Crippen LogP) is 3.15. The van der Waals surface area contributed by atoms with E-state index in [1.54, 1.807) is 4.90 Å². The Balaban J connectivity index is 1.91. The maximum Gasteiger partial charge on any atom is 0.407 e. The van der Waals surface area contributed by atoms with E-state index in [1.165, 1.54) is 18.4 Å². The molecular formula is C15H19NO2. The first kappa shape index (κ1) is 11.6. The summed E-state index contributed by atoms with van der Waals surface area (Å²) in [6, 6.07) is 10.3. The molecule has 1 saturated carbocycles. The van der Waals surface area contributed by atoms with Crippen LogP contribution < -0.4 is 0 Å². The second kappa shape index (κ2) is 4.30. The van der Waals surface area contributed by atoms with Gasteiger partial charge in [0.15, 0.2) is 0 Å². The summed E-state index contributed by atoms with van der Waals surface area (Å²) >= 11 is 0. The molecule has 2 atom stereocenters. The van der Waals surface area contributed by atoms with E-state index >= 15 is 0 Å². The van der Waals surface area contributed by atoms with Gasteiger partial charge in [-0.3, -0.25) is 0 Å². The Hall–Kier alpha value is -1.51. The third-order valence-corrected chi connectivity index (χ3v) is 4.74. The van der Waals surface area contributed by atoms with E-state index in [1.807, 2.05) is 18.2 Å². The maximum atomic E-state index is 11.5. The number of nitrogens with zero attached hydrogens (tertiary/aromatic N) is 1. The largest absolute Gasteiger partial charge is 0.465 e. The topological polar surface area (TPSA) is 40.5 Å². The van der Waals surface area contributed by atoms with Crippen LogP contribution in [0, 0.1) is 5.92 Å². The minimum atomic E-state index is -0.740. The summed E-state index contributed by atoms with van der Waals surface area (Å²) in [5.74, 6) is 0.564. The molecule has 96 valence electrons. The van der Waals surface area contributed by atoms with Gasteiger partial charge in [-0.2, -0.15) is 0 Å². The Kier molecular flexibility index (Phi) is 2.77. The first-order valence-electron chi connectivity index (χ1n) is 6.77. The standard InChI is InChI=1S/C15H19NO2/c17-14(18)16-10-8-13-7-4-9-15(13,16)11-12-5-2-1-3-6-12/h1-3,5-6,13H,4,7-11H2,(H,17,18). The summed E-state index contributed by atoms with van der Waals surface area (Å²) < 4.78 is 0. The van der Waals surface area contributed by atoms with Crippen molar-refractivity contribution in [1.29, 1.82) is 0 Å². The van der Waals surface area contributed by atoms with E-state index < -0.39 is 6.09 Å². The number of hydrogen-bond donors (Lipinski definition) is 1. The minimum Gasteiger partial charge on any atom is -0.465 e. The molecule has 0 bridgehead atoms. The molecule has 1 N–H and O–H groups in total. The zero-order chi connectivity index (χ0) is 12.6. The molecule has 3 heteroatoms. The van der Waals surface area contributed by atoms with E-state index in [-0.39, 0.29) is 5.54 Å². The number of rotatable bonds is 2. The molecule has 1 aromatic carbocycles. The molecule has 0 aromatic heterocycles. The Bertz CT molecular complexity index is 445. The fourth-order valence-corrected chi connectivity index (χ4v) is 3.97. The lowest BCUT2D eigenvalue weighted by atomic mass is 9.82. The smallest absolute Gasteiger partial charge is 0.407 e. The highest BCUT2D eigenvalue weighted by Gasteiger charge is 2.53. The summed E-state index contributed by atoms with van der Waals surface area (Å²) in [7, 11) is 0. The lowest BCUT2D eigenvalue weighted by molar-refractivity contribution is 0.0927. The molecule has 1 aliphatic heterocycles. The van der Waals surface area contributed by atoms with Crippen molar-refractivity contribution < 1.29 is 9.90 Å². The highest BCUT2D eigenvalue weighted by Crippen LogP contribution is 2.48. The molecule has 1 heterocycles. The molecule has 1 aliphatic carbocycles. The third kappa shape index (κ3) is 1.69. The number of carbonyl (C=O) groups is 1. The van der Waals surface area contributed by atoms with E-state index in [9.17, 15) is 9.90 Å². The van der Waals surface area contributed by atoms with Crippen LogP contribution in [-0.2, 0) is 6.42 Å². The monoisotopic (exact) mass is 245 g/mol. The van der Waals surface area contributed by atoms with Crippen LogP contribution in [0.2, 0.25) is 0 Å². The van der Waals surface area contributed by atoms with Crippen molar-refractivity contribution in [3.8, 4) is 0 Å². The van der Waals surface area contributed by atoms with E-state index in [0.717, 1.165) is 19.3 Å². The molecule has 1 aromatic rings. The van der Waals surface area contributed by atoms with E-state index in [0.29, 0.717) is 12.5 Å². The summed E-state index contributed by atoms with van der Waals surface area (Å²) in [5.41, 5.74) is 1.14. The van der Waals surface area contributed by atoms with Crippen LogP contribution in [-0.4, -0.2) is 28.2 Å². The van der Waals surface area contributed by atoms with Gasteiger partial charge >= 0.3 is 6.09 Å². The van der Waals surface area contributed by atoms with Gasteiger partial charge in [0.1, 0.15) is 0 Å². The lowest BCUT2D eigenvalue weighted by Crippen LogP contribution is -2.49.